The molecule has 3 N–H and O–H groups in total. The van der Waals surface area contributed by atoms with Crippen LogP contribution in [0.2, 0.25) is 0 Å². The number of hydrogen-bond acceptors (Lipinski definition) is 2. The van der Waals surface area contributed by atoms with Gasteiger partial charge in [0.15, 0.2) is 0 Å². The van der Waals surface area contributed by atoms with Crippen LogP contribution in [-0.4, -0.2) is 25.0 Å². The third-order valence-corrected chi connectivity index (χ3v) is 5.21. The fraction of sp³-hybridized carbons (Fsp3) is 0.231. The maximum atomic E-state index is 12.5. The normalized spacial score (nSPS) is 10.5. The number of carbonyl (C=O) groups is 2. The van der Waals surface area contributed by atoms with Gasteiger partial charge in [-0.1, -0.05) is 66.7 Å². The molecule has 0 aliphatic heterocycles. The van der Waals surface area contributed by atoms with Gasteiger partial charge >= 0.3 is 6.03 Å². The lowest BCUT2D eigenvalue weighted by molar-refractivity contribution is 0.0956. The molecule has 0 aliphatic rings. The van der Waals surface area contributed by atoms with E-state index in [0.717, 1.165) is 12.0 Å². The van der Waals surface area contributed by atoms with Crippen molar-refractivity contribution < 1.29 is 9.59 Å². The van der Waals surface area contributed by atoms with E-state index in [2.05, 4.69) is 40.2 Å². The largest absolute Gasteiger partial charge is 0.352 e. The first-order chi connectivity index (χ1) is 15.1. The minimum Gasteiger partial charge on any atom is -0.352 e. The highest BCUT2D eigenvalue weighted by Gasteiger charge is 2.15. The second-order valence-corrected chi connectivity index (χ2v) is 7.43. The molecule has 3 aromatic carbocycles. The highest BCUT2D eigenvalue weighted by molar-refractivity contribution is 5.97. The molecule has 0 saturated heterocycles. The third-order valence-electron chi connectivity index (χ3n) is 5.21. The highest BCUT2D eigenvalue weighted by Crippen LogP contribution is 2.27. The summed E-state index contributed by atoms with van der Waals surface area (Å²) in [4.78, 5) is 24.6. The SMILES string of the molecule is CCNC(=O)c1ccc(C)c(NC(=O)NCCC(c2ccccc2)c2ccccc2)c1. The number of hydrogen-bond donors (Lipinski definition) is 3. The second-order valence-electron chi connectivity index (χ2n) is 7.43. The number of amides is 3. The Balaban J connectivity index is 1.62. The van der Waals surface area contributed by atoms with E-state index in [1.165, 1.54) is 11.1 Å². The van der Waals surface area contributed by atoms with Crippen LogP contribution in [0.5, 0.6) is 0 Å². The van der Waals surface area contributed by atoms with Gasteiger partial charge in [0.2, 0.25) is 0 Å². The average molecular weight is 416 g/mol. The van der Waals surface area contributed by atoms with Gasteiger partial charge in [-0.05, 0) is 49.1 Å². The molecule has 0 spiro atoms. The van der Waals surface area contributed by atoms with E-state index in [9.17, 15) is 9.59 Å². The summed E-state index contributed by atoms with van der Waals surface area (Å²) in [5.41, 5.74) is 4.50. The van der Waals surface area contributed by atoms with Gasteiger partial charge < -0.3 is 16.0 Å². The van der Waals surface area contributed by atoms with E-state index >= 15 is 0 Å². The molecule has 0 bridgehead atoms. The van der Waals surface area contributed by atoms with Crippen molar-refractivity contribution in [3.8, 4) is 0 Å². The van der Waals surface area contributed by atoms with E-state index in [1.807, 2.05) is 56.3 Å². The zero-order chi connectivity index (χ0) is 22.1. The number of anilines is 1. The van der Waals surface area contributed by atoms with Crippen molar-refractivity contribution in [3.05, 3.63) is 101 Å². The van der Waals surface area contributed by atoms with Crippen LogP contribution in [0.4, 0.5) is 10.5 Å². The Morgan fingerprint density at radius 1 is 0.839 bits per heavy atom. The van der Waals surface area contributed by atoms with Crippen molar-refractivity contribution in [2.75, 3.05) is 18.4 Å². The maximum absolute atomic E-state index is 12.5. The van der Waals surface area contributed by atoms with Gasteiger partial charge in [0.25, 0.3) is 5.91 Å². The van der Waals surface area contributed by atoms with Crippen LogP contribution in [0.25, 0.3) is 0 Å². The zero-order valence-electron chi connectivity index (χ0n) is 18.0. The van der Waals surface area contributed by atoms with Gasteiger partial charge in [0.1, 0.15) is 0 Å². The quantitative estimate of drug-likeness (QED) is 0.480. The monoisotopic (exact) mass is 415 g/mol. The molecule has 31 heavy (non-hydrogen) atoms. The molecule has 5 nitrogen and oxygen atoms in total. The van der Waals surface area contributed by atoms with Crippen molar-refractivity contribution in [3.63, 3.8) is 0 Å². The van der Waals surface area contributed by atoms with Crippen molar-refractivity contribution >= 4 is 17.6 Å². The Hall–Kier alpha value is -3.60. The van der Waals surface area contributed by atoms with Crippen LogP contribution >= 0.6 is 0 Å². The Morgan fingerprint density at radius 2 is 1.45 bits per heavy atom. The number of nitrogens with one attached hydrogen (secondary N) is 3. The lowest BCUT2D eigenvalue weighted by Crippen LogP contribution is -2.31. The molecule has 0 atom stereocenters. The van der Waals surface area contributed by atoms with Crippen LogP contribution in [0.1, 0.15) is 46.3 Å². The lowest BCUT2D eigenvalue weighted by atomic mass is 9.88. The number of rotatable bonds is 8. The number of carbonyl (C=O) groups excluding carboxylic acids is 2. The second kappa shape index (κ2) is 11.0. The van der Waals surface area contributed by atoms with Crippen LogP contribution in [-0.2, 0) is 0 Å². The number of aryl methyl sites for hydroxylation is 1. The van der Waals surface area contributed by atoms with Crippen molar-refractivity contribution in [2.24, 2.45) is 0 Å². The predicted molar refractivity (Wildman–Crippen MR) is 126 cm³/mol. The minimum absolute atomic E-state index is 0.153. The molecule has 0 fully saturated rings. The summed E-state index contributed by atoms with van der Waals surface area (Å²) in [7, 11) is 0. The van der Waals surface area contributed by atoms with E-state index < -0.39 is 0 Å². The van der Waals surface area contributed by atoms with E-state index in [-0.39, 0.29) is 17.9 Å². The predicted octanol–water partition coefficient (Wildman–Crippen LogP) is 5.09. The molecule has 3 amide bonds. The van der Waals surface area contributed by atoms with Crippen molar-refractivity contribution in [1.29, 1.82) is 0 Å². The molecule has 0 aromatic heterocycles. The molecule has 0 unspecified atom stereocenters. The number of urea groups is 1. The maximum Gasteiger partial charge on any atom is 0.319 e. The number of benzene rings is 3. The topological polar surface area (TPSA) is 70.2 Å². The van der Waals surface area contributed by atoms with Gasteiger partial charge in [-0.15, -0.1) is 0 Å². The summed E-state index contributed by atoms with van der Waals surface area (Å²) in [5.74, 6) is 0.0463. The van der Waals surface area contributed by atoms with Gasteiger partial charge in [-0.2, -0.15) is 0 Å². The van der Waals surface area contributed by atoms with Gasteiger partial charge in [-0.3, -0.25) is 4.79 Å². The first-order valence-corrected chi connectivity index (χ1v) is 10.6. The fourth-order valence-corrected chi connectivity index (χ4v) is 3.55. The molecule has 0 aliphatic carbocycles. The standard InChI is InChI=1S/C26H29N3O2/c1-3-27-25(30)22-15-14-19(2)24(18-22)29-26(31)28-17-16-23(20-10-6-4-7-11-20)21-12-8-5-9-13-21/h4-15,18,23H,3,16-17H2,1-2H3,(H,27,30)(H2,28,29,31). The first-order valence-electron chi connectivity index (χ1n) is 10.6. The van der Waals surface area contributed by atoms with Gasteiger partial charge in [0.05, 0.1) is 0 Å². The van der Waals surface area contributed by atoms with E-state index in [0.29, 0.717) is 24.3 Å². The lowest BCUT2D eigenvalue weighted by Gasteiger charge is -2.19. The molecular weight excluding hydrogens is 386 g/mol. The molecule has 5 heteroatoms. The first kappa shape index (κ1) is 22.1. The summed E-state index contributed by atoms with van der Waals surface area (Å²) in [6.07, 6.45) is 0.777. The summed E-state index contributed by atoms with van der Waals surface area (Å²) in [6, 6.07) is 25.7. The highest BCUT2D eigenvalue weighted by atomic mass is 16.2. The Morgan fingerprint density at radius 3 is 2.03 bits per heavy atom. The summed E-state index contributed by atoms with van der Waals surface area (Å²) in [5, 5.41) is 8.59. The molecule has 3 aromatic rings. The van der Waals surface area contributed by atoms with Crippen molar-refractivity contribution in [2.45, 2.75) is 26.2 Å². The van der Waals surface area contributed by atoms with E-state index in [1.54, 1.807) is 12.1 Å². The van der Waals surface area contributed by atoms with E-state index in [4.69, 9.17) is 0 Å². The Labute approximate surface area is 183 Å². The van der Waals surface area contributed by atoms with Crippen molar-refractivity contribution in [1.82, 2.24) is 10.6 Å². The molecule has 0 saturated carbocycles. The molecular formula is C26H29N3O2. The fourth-order valence-electron chi connectivity index (χ4n) is 3.55. The zero-order valence-corrected chi connectivity index (χ0v) is 18.0. The smallest absolute Gasteiger partial charge is 0.319 e. The Bertz CT molecular complexity index is 964. The summed E-state index contributed by atoms with van der Waals surface area (Å²) < 4.78 is 0. The molecule has 160 valence electrons. The van der Waals surface area contributed by atoms with Crippen LogP contribution < -0.4 is 16.0 Å². The molecule has 0 heterocycles. The summed E-state index contributed by atoms with van der Waals surface area (Å²) in [6.45, 7) is 4.85. The van der Waals surface area contributed by atoms with Crippen LogP contribution in [0.3, 0.4) is 0 Å². The van der Waals surface area contributed by atoms with Gasteiger partial charge in [-0.25, -0.2) is 4.79 Å². The van der Waals surface area contributed by atoms with Crippen LogP contribution in [0, 0.1) is 6.92 Å². The molecule has 0 radical (unpaired) electrons. The third kappa shape index (κ3) is 6.19. The summed E-state index contributed by atoms with van der Waals surface area (Å²) >= 11 is 0. The van der Waals surface area contributed by atoms with Crippen LogP contribution in [0.15, 0.2) is 78.9 Å². The average Bonchev–Trinajstić information content (AvgIpc) is 2.79. The minimum atomic E-state index is -0.281. The van der Waals surface area contributed by atoms with Gasteiger partial charge in [0, 0.05) is 30.3 Å². The Kier molecular flexibility index (Phi) is 7.82. The molecule has 3 rings (SSSR count).